The first-order valence-electron chi connectivity index (χ1n) is 17.6. The lowest BCUT2D eigenvalue weighted by molar-refractivity contribution is 0.655. The first-order valence-corrected chi connectivity index (χ1v) is 17.6. The minimum atomic E-state index is -0.158. The fourth-order valence-electron chi connectivity index (χ4n) is 8.86. The van der Waals surface area contributed by atoms with Crippen molar-refractivity contribution in [2.45, 2.75) is 26.2 Å². The van der Waals surface area contributed by atoms with Gasteiger partial charge in [-0.3, -0.25) is 0 Å². The smallest absolute Gasteiger partial charge is 0.105 e. The molecule has 0 saturated heterocycles. The molecule has 2 heterocycles. The summed E-state index contributed by atoms with van der Waals surface area (Å²) >= 11 is 0. The predicted molar refractivity (Wildman–Crippen MR) is 217 cm³/mol. The van der Waals surface area contributed by atoms with Crippen LogP contribution in [0.25, 0.3) is 87.5 Å². The highest BCUT2D eigenvalue weighted by Gasteiger charge is 2.36. The zero-order valence-corrected chi connectivity index (χ0v) is 28.9. The molecule has 9 aromatic rings. The van der Waals surface area contributed by atoms with E-state index in [-0.39, 0.29) is 5.41 Å². The van der Waals surface area contributed by atoms with Gasteiger partial charge in [-0.15, -0.1) is 0 Å². The molecule has 0 saturated carbocycles. The molecule has 0 unspecified atom stereocenters. The van der Waals surface area contributed by atoms with E-state index in [0.717, 1.165) is 33.5 Å². The van der Waals surface area contributed by atoms with Crippen molar-refractivity contribution in [3.8, 4) is 16.9 Å². The zero-order valence-electron chi connectivity index (χ0n) is 28.9. The third-order valence-electron chi connectivity index (χ3n) is 11.1. The molecule has 7 aromatic carbocycles. The van der Waals surface area contributed by atoms with Crippen molar-refractivity contribution in [3.05, 3.63) is 175 Å². The van der Waals surface area contributed by atoms with Gasteiger partial charge in [0.15, 0.2) is 0 Å². The summed E-state index contributed by atoms with van der Waals surface area (Å²) in [4.78, 5) is 5.44. The number of benzene rings is 6. The van der Waals surface area contributed by atoms with E-state index in [1.807, 2.05) is 12.1 Å². The molecule has 0 bridgehead atoms. The van der Waals surface area contributed by atoms with Gasteiger partial charge in [0.1, 0.15) is 5.52 Å². The van der Waals surface area contributed by atoms with E-state index in [0.29, 0.717) is 0 Å². The second-order valence-electron chi connectivity index (χ2n) is 14.1. The molecular weight excluding hydrogens is 617 g/mol. The van der Waals surface area contributed by atoms with Crippen molar-refractivity contribution < 1.29 is 0 Å². The highest BCUT2D eigenvalue weighted by molar-refractivity contribution is 6.33. The molecule has 0 atom stereocenters. The summed E-state index contributed by atoms with van der Waals surface area (Å²) in [6, 6.07) is 50.7. The van der Waals surface area contributed by atoms with E-state index in [9.17, 15) is 0 Å². The number of nitrogens with zero attached hydrogens (tertiary/aromatic N) is 2. The van der Waals surface area contributed by atoms with Crippen LogP contribution in [0, 0.1) is 12.1 Å². The lowest BCUT2D eigenvalue weighted by atomic mass is 9.81. The summed E-state index contributed by atoms with van der Waals surface area (Å²) in [6.07, 6.45) is 6.39. The maximum Gasteiger partial charge on any atom is 0.105 e. The highest BCUT2D eigenvalue weighted by atomic mass is 15.0. The zero-order chi connectivity index (χ0) is 34.4. The standard InChI is InChI=1S/C49H34N2/c1-5-16-34-39-29-45-40(28-42(39)49(3,4)41(34)6-2)35-21-12-14-26-44(35)51(45)31-18-15-17-30(27-31)48-47-37-23-10-8-20-33(37)32-19-7-9-22-36(32)46(47)38-24-11-13-25-43(38)50-48/h5-13,15-25,27-29H,2H2,1,3-4H3/b16-5-. The lowest BCUT2D eigenvalue weighted by Gasteiger charge is -2.23. The van der Waals surface area contributed by atoms with Crippen LogP contribution in [0.4, 0.5) is 0 Å². The van der Waals surface area contributed by atoms with Gasteiger partial charge in [0.25, 0.3) is 0 Å². The lowest BCUT2D eigenvalue weighted by Crippen LogP contribution is -2.16. The number of allylic oxidation sites excluding steroid dienone is 5. The van der Waals surface area contributed by atoms with Gasteiger partial charge < -0.3 is 4.57 Å². The van der Waals surface area contributed by atoms with Gasteiger partial charge in [-0.2, -0.15) is 0 Å². The molecule has 2 aromatic heterocycles. The van der Waals surface area contributed by atoms with Crippen LogP contribution < -0.4 is 0 Å². The quantitative estimate of drug-likeness (QED) is 0.173. The molecule has 2 heteroatoms. The number of para-hydroxylation sites is 1. The Kier molecular flexibility index (Phi) is 6.23. The number of hydrogen-bond acceptors (Lipinski definition) is 1. The van der Waals surface area contributed by atoms with E-state index in [2.05, 4.69) is 171 Å². The van der Waals surface area contributed by atoms with Crippen molar-refractivity contribution in [3.63, 3.8) is 0 Å². The van der Waals surface area contributed by atoms with Crippen molar-refractivity contribution >= 4 is 70.6 Å². The summed E-state index contributed by atoms with van der Waals surface area (Å²) in [7, 11) is 0. The van der Waals surface area contributed by atoms with Crippen LogP contribution in [-0.4, -0.2) is 9.55 Å². The number of hydrogen-bond donors (Lipinski definition) is 0. The second-order valence-corrected chi connectivity index (χ2v) is 14.1. The number of aromatic nitrogens is 2. The van der Waals surface area contributed by atoms with Gasteiger partial charge in [0.2, 0.25) is 0 Å². The van der Waals surface area contributed by atoms with Crippen molar-refractivity contribution in [1.29, 1.82) is 0 Å². The molecule has 0 fully saturated rings. The average molecular weight is 651 g/mol. The van der Waals surface area contributed by atoms with Gasteiger partial charge in [0.05, 0.1) is 16.7 Å². The van der Waals surface area contributed by atoms with Gasteiger partial charge in [-0.05, 0) is 99.3 Å². The van der Waals surface area contributed by atoms with Crippen molar-refractivity contribution in [2.24, 2.45) is 0 Å². The normalized spacial score (nSPS) is 14.1. The monoisotopic (exact) mass is 650 g/mol. The first kappa shape index (κ1) is 29.5. The largest absolute Gasteiger partial charge is 0.302 e. The molecule has 1 aliphatic rings. The molecule has 2 nitrogen and oxygen atoms in total. The van der Waals surface area contributed by atoms with E-state index in [4.69, 9.17) is 4.98 Å². The molecule has 240 valence electrons. The molecule has 51 heavy (non-hydrogen) atoms. The third-order valence-corrected chi connectivity index (χ3v) is 11.1. The summed E-state index contributed by atoms with van der Waals surface area (Å²) in [5.41, 5.74) is 11.2. The number of fused-ring (bicyclic) bond motifs is 12. The van der Waals surface area contributed by atoms with E-state index in [1.54, 1.807) is 0 Å². The Labute approximate surface area is 297 Å². The second kappa shape index (κ2) is 10.8. The maximum atomic E-state index is 5.44. The van der Waals surface area contributed by atoms with Crippen molar-refractivity contribution in [2.75, 3.05) is 0 Å². The minimum absolute atomic E-state index is 0.158. The van der Waals surface area contributed by atoms with Gasteiger partial charge >= 0.3 is 0 Å². The maximum absolute atomic E-state index is 5.44. The van der Waals surface area contributed by atoms with E-state index < -0.39 is 0 Å². The predicted octanol–water partition coefficient (Wildman–Crippen LogP) is 12.9. The van der Waals surface area contributed by atoms with Crippen LogP contribution in [0.2, 0.25) is 0 Å². The Bertz CT molecular complexity index is 3020. The molecule has 0 spiro atoms. The van der Waals surface area contributed by atoms with E-state index >= 15 is 0 Å². The summed E-state index contributed by atoms with van der Waals surface area (Å²) in [6.45, 7) is 10.9. The summed E-state index contributed by atoms with van der Waals surface area (Å²) in [5.74, 6) is 0. The topological polar surface area (TPSA) is 17.8 Å². The van der Waals surface area contributed by atoms with Gasteiger partial charge in [0, 0.05) is 43.6 Å². The molecular formula is C49H34N2. The molecule has 0 aliphatic heterocycles. The summed E-state index contributed by atoms with van der Waals surface area (Å²) < 4.78 is 2.36. The van der Waals surface area contributed by atoms with Crippen LogP contribution in [0.15, 0.2) is 152 Å². The molecule has 0 amide bonds. The fourth-order valence-corrected chi connectivity index (χ4v) is 8.86. The van der Waals surface area contributed by atoms with E-state index in [1.165, 1.54) is 70.7 Å². The molecule has 0 N–H and O–H groups in total. The molecule has 1 aliphatic carbocycles. The van der Waals surface area contributed by atoms with Crippen LogP contribution in [-0.2, 0) is 5.41 Å². The Morgan fingerprint density at radius 1 is 0.706 bits per heavy atom. The summed E-state index contributed by atoms with van der Waals surface area (Å²) in [5, 5.41) is 10.9. The number of rotatable bonds is 4. The average Bonchev–Trinajstić information content (AvgIpc) is 3.60. The fraction of sp³-hybridized carbons (Fsp3) is 0.0816. The van der Waals surface area contributed by atoms with Crippen molar-refractivity contribution in [1.82, 2.24) is 9.55 Å². The third kappa shape index (κ3) is 4.04. The SMILES string of the molecule is C=CC1=C(/C=C\C)c2cc3c(cc2C1(C)C)c1ccc#cc1n3-c1cccc(-c2nc3ccccc3c3c4ccccc4c4ccccc4c23)c1. The Hall–Kier alpha value is -6.43. The Morgan fingerprint density at radius 2 is 1.41 bits per heavy atom. The molecule has 10 rings (SSSR count). The highest BCUT2D eigenvalue weighted by Crippen LogP contribution is 2.50. The Balaban J connectivity index is 1.30. The molecule has 0 radical (unpaired) electrons. The first-order chi connectivity index (χ1) is 25.0. The van der Waals surface area contributed by atoms with Gasteiger partial charge in [-0.1, -0.05) is 124 Å². The van der Waals surface area contributed by atoms with Crippen LogP contribution >= 0.6 is 0 Å². The van der Waals surface area contributed by atoms with Crippen LogP contribution in [0.3, 0.4) is 0 Å². The van der Waals surface area contributed by atoms with Gasteiger partial charge in [-0.25, -0.2) is 4.98 Å². The van der Waals surface area contributed by atoms with Crippen LogP contribution in [0.5, 0.6) is 0 Å². The minimum Gasteiger partial charge on any atom is -0.302 e. The Morgan fingerprint density at radius 3 is 2.16 bits per heavy atom. The van der Waals surface area contributed by atoms with Crippen LogP contribution in [0.1, 0.15) is 31.9 Å². The number of pyridine rings is 1.